The molecule has 2 rings (SSSR count). The van der Waals surface area contributed by atoms with Crippen LogP contribution in [0.1, 0.15) is 27.0 Å². The summed E-state index contributed by atoms with van der Waals surface area (Å²) in [4.78, 5) is 25.1. The van der Waals surface area contributed by atoms with E-state index in [0.717, 1.165) is 10.4 Å². The molecule has 2 aromatic rings. The monoisotopic (exact) mass is 309 g/mol. The molecule has 106 valence electrons. The molecule has 0 saturated carbocycles. The first-order chi connectivity index (χ1) is 9.60. The molecule has 2 aromatic heterocycles. The molecular weight excluding hydrogens is 294 g/mol. The van der Waals surface area contributed by atoms with Gasteiger partial charge in [-0.1, -0.05) is 6.07 Å². The lowest BCUT2D eigenvalue weighted by atomic mass is 10.3. The van der Waals surface area contributed by atoms with Crippen molar-refractivity contribution in [1.29, 1.82) is 0 Å². The predicted octanol–water partition coefficient (Wildman–Crippen LogP) is 3.48. The Balaban J connectivity index is 2.01. The van der Waals surface area contributed by atoms with Gasteiger partial charge in [0.25, 0.3) is 0 Å². The summed E-state index contributed by atoms with van der Waals surface area (Å²) in [7, 11) is 0. The van der Waals surface area contributed by atoms with Crippen molar-refractivity contribution < 1.29 is 14.3 Å². The standard InChI is InChI=1S/C14H15NO3S2/c1-3-18-14(17)13-9(2)7-12(20-13)15-11(16)8-10-5-4-6-19-10/h4-7H,3,8H2,1-2H3,(H,15,16). The first-order valence-corrected chi connectivity index (χ1v) is 7.89. The summed E-state index contributed by atoms with van der Waals surface area (Å²) in [5.74, 6) is -0.419. The van der Waals surface area contributed by atoms with Crippen molar-refractivity contribution in [3.8, 4) is 0 Å². The third-order valence-electron chi connectivity index (χ3n) is 2.56. The number of hydrogen-bond acceptors (Lipinski definition) is 5. The minimum absolute atomic E-state index is 0.0795. The van der Waals surface area contributed by atoms with Crippen molar-refractivity contribution in [3.05, 3.63) is 38.9 Å². The van der Waals surface area contributed by atoms with Gasteiger partial charge >= 0.3 is 5.97 Å². The smallest absolute Gasteiger partial charge is 0.348 e. The number of hydrogen-bond donors (Lipinski definition) is 1. The third-order valence-corrected chi connectivity index (χ3v) is 4.57. The van der Waals surface area contributed by atoms with Crippen LogP contribution in [0.5, 0.6) is 0 Å². The second kappa shape index (κ2) is 6.67. The Hall–Kier alpha value is -1.66. The lowest BCUT2D eigenvalue weighted by molar-refractivity contribution is -0.115. The number of esters is 1. The molecule has 4 nitrogen and oxygen atoms in total. The predicted molar refractivity (Wildman–Crippen MR) is 81.7 cm³/mol. The van der Waals surface area contributed by atoms with Crippen LogP contribution in [0.25, 0.3) is 0 Å². The fourth-order valence-corrected chi connectivity index (χ4v) is 3.38. The van der Waals surface area contributed by atoms with Gasteiger partial charge in [-0.15, -0.1) is 22.7 Å². The molecule has 0 saturated heterocycles. The van der Waals surface area contributed by atoms with Crippen LogP contribution in [-0.4, -0.2) is 18.5 Å². The summed E-state index contributed by atoms with van der Waals surface area (Å²) in [6, 6.07) is 5.64. The van der Waals surface area contributed by atoms with E-state index in [-0.39, 0.29) is 11.9 Å². The summed E-state index contributed by atoms with van der Waals surface area (Å²) < 4.78 is 4.97. The molecule has 0 atom stereocenters. The van der Waals surface area contributed by atoms with Gasteiger partial charge in [-0.05, 0) is 36.9 Å². The highest BCUT2D eigenvalue weighted by atomic mass is 32.1. The Morgan fingerprint density at radius 3 is 2.85 bits per heavy atom. The van der Waals surface area contributed by atoms with Gasteiger partial charge in [0.2, 0.25) is 5.91 Å². The number of ether oxygens (including phenoxy) is 1. The summed E-state index contributed by atoms with van der Waals surface area (Å²) in [5.41, 5.74) is 0.819. The Morgan fingerprint density at radius 1 is 1.40 bits per heavy atom. The SMILES string of the molecule is CCOC(=O)c1sc(NC(=O)Cc2cccs2)cc1C. The van der Waals surface area contributed by atoms with Gasteiger partial charge in [0.1, 0.15) is 4.88 Å². The van der Waals surface area contributed by atoms with E-state index in [1.165, 1.54) is 11.3 Å². The molecule has 0 unspecified atom stereocenters. The molecule has 6 heteroatoms. The van der Waals surface area contributed by atoms with Crippen LogP contribution in [0.3, 0.4) is 0 Å². The average Bonchev–Trinajstić information content (AvgIpc) is 2.99. The summed E-state index contributed by atoms with van der Waals surface area (Å²) in [5, 5.41) is 5.43. The van der Waals surface area contributed by atoms with Crippen LogP contribution < -0.4 is 5.32 Å². The lowest BCUT2D eigenvalue weighted by Gasteiger charge is -2.00. The van der Waals surface area contributed by atoms with E-state index >= 15 is 0 Å². The number of thiophene rings is 2. The minimum Gasteiger partial charge on any atom is -0.462 e. The van der Waals surface area contributed by atoms with Crippen LogP contribution in [0.15, 0.2) is 23.6 Å². The molecule has 0 spiro atoms. The van der Waals surface area contributed by atoms with E-state index in [1.54, 1.807) is 24.3 Å². The Bertz CT molecular complexity index is 602. The van der Waals surface area contributed by atoms with Crippen molar-refractivity contribution in [1.82, 2.24) is 0 Å². The average molecular weight is 309 g/mol. The van der Waals surface area contributed by atoms with Gasteiger partial charge < -0.3 is 10.1 Å². The molecular formula is C14H15NO3S2. The molecule has 20 heavy (non-hydrogen) atoms. The summed E-state index contributed by atoms with van der Waals surface area (Å²) in [6.07, 6.45) is 0.351. The van der Waals surface area contributed by atoms with E-state index in [0.29, 0.717) is 22.9 Å². The molecule has 0 aliphatic rings. The fraction of sp³-hybridized carbons (Fsp3) is 0.286. The highest BCUT2D eigenvalue weighted by molar-refractivity contribution is 7.18. The molecule has 0 fully saturated rings. The second-order valence-corrected chi connectivity index (χ2v) is 6.23. The van der Waals surface area contributed by atoms with E-state index in [9.17, 15) is 9.59 Å². The lowest BCUT2D eigenvalue weighted by Crippen LogP contribution is -2.12. The third kappa shape index (κ3) is 3.68. The Labute approximate surface area is 125 Å². The van der Waals surface area contributed by atoms with Gasteiger partial charge in [-0.3, -0.25) is 4.79 Å². The van der Waals surface area contributed by atoms with Gasteiger partial charge in [0, 0.05) is 4.88 Å². The number of carbonyl (C=O) groups is 2. The number of rotatable bonds is 5. The van der Waals surface area contributed by atoms with Gasteiger partial charge in [0.05, 0.1) is 18.0 Å². The molecule has 2 heterocycles. The first kappa shape index (κ1) is 14.7. The normalized spacial score (nSPS) is 10.3. The van der Waals surface area contributed by atoms with E-state index < -0.39 is 0 Å². The van der Waals surface area contributed by atoms with Crippen LogP contribution in [-0.2, 0) is 16.0 Å². The molecule has 0 radical (unpaired) electrons. The number of aryl methyl sites for hydroxylation is 1. The van der Waals surface area contributed by atoms with Crippen molar-refractivity contribution in [2.75, 3.05) is 11.9 Å². The van der Waals surface area contributed by atoms with Gasteiger partial charge in [-0.2, -0.15) is 0 Å². The fourth-order valence-electron chi connectivity index (χ4n) is 1.70. The molecule has 0 aromatic carbocycles. The van der Waals surface area contributed by atoms with Crippen LogP contribution in [0.4, 0.5) is 5.00 Å². The maximum absolute atomic E-state index is 11.9. The summed E-state index contributed by atoms with van der Waals surface area (Å²) in [6.45, 7) is 3.94. The van der Waals surface area contributed by atoms with E-state index in [2.05, 4.69) is 5.32 Å². The highest BCUT2D eigenvalue weighted by Crippen LogP contribution is 2.27. The quantitative estimate of drug-likeness (QED) is 0.860. The number of nitrogens with one attached hydrogen (secondary N) is 1. The van der Waals surface area contributed by atoms with E-state index in [4.69, 9.17) is 4.74 Å². The zero-order valence-corrected chi connectivity index (χ0v) is 12.9. The minimum atomic E-state index is -0.339. The maximum Gasteiger partial charge on any atom is 0.348 e. The largest absolute Gasteiger partial charge is 0.462 e. The van der Waals surface area contributed by atoms with Gasteiger partial charge in [0.15, 0.2) is 0 Å². The Morgan fingerprint density at radius 2 is 2.20 bits per heavy atom. The number of carbonyl (C=O) groups excluding carboxylic acids is 2. The second-order valence-electron chi connectivity index (χ2n) is 4.15. The van der Waals surface area contributed by atoms with Crippen LogP contribution in [0.2, 0.25) is 0 Å². The van der Waals surface area contributed by atoms with Crippen molar-refractivity contribution in [2.45, 2.75) is 20.3 Å². The van der Waals surface area contributed by atoms with E-state index in [1.807, 2.05) is 24.4 Å². The maximum atomic E-state index is 11.9. The molecule has 1 amide bonds. The van der Waals surface area contributed by atoms with Crippen LogP contribution in [0, 0.1) is 6.92 Å². The van der Waals surface area contributed by atoms with Gasteiger partial charge in [-0.25, -0.2) is 4.79 Å². The topological polar surface area (TPSA) is 55.4 Å². The summed E-state index contributed by atoms with van der Waals surface area (Å²) >= 11 is 2.80. The highest BCUT2D eigenvalue weighted by Gasteiger charge is 2.16. The first-order valence-electron chi connectivity index (χ1n) is 6.20. The molecule has 1 N–H and O–H groups in total. The van der Waals surface area contributed by atoms with Crippen molar-refractivity contribution in [2.24, 2.45) is 0 Å². The van der Waals surface area contributed by atoms with Crippen molar-refractivity contribution >= 4 is 39.6 Å². The molecule has 0 aliphatic carbocycles. The zero-order valence-electron chi connectivity index (χ0n) is 11.3. The number of amides is 1. The zero-order chi connectivity index (χ0) is 14.5. The number of anilines is 1. The van der Waals surface area contributed by atoms with Crippen molar-refractivity contribution in [3.63, 3.8) is 0 Å². The Kier molecular flexibility index (Phi) is 4.92. The molecule has 0 bridgehead atoms. The van der Waals surface area contributed by atoms with Crippen LogP contribution >= 0.6 is 22.7 Å². The molecule has 0 aliphatic heterocycles.